The number of nitrogens with zero attached hydrogens (tertiary/aromatic N) is 3. The lowest BCUT2D eigenvalue weighted by Gasteiger charge is -2.09. The second kappa shape index (κ2) is 6.58. The fourth-order valence-electron chi connectivity index (χ4n) is 3.39. The normalized spacial score (nSPS) is 13.1. The van der Waals surface area contributed by atoms with E-state index >= 15 is 0 Å². The summed E-state index contributed by atoms with van der Waals surface area (Å²) in [4.78, 5) is 17.5. The van der Waals surface area contributed by atoms with Gasteiger partial charge in [-0.15, -0.1) is 0 Å². The van der Waals surface area contributed by atoms with Crippen LogP contribution in [0, 0.1) is 0 Å². The first-order valence-corrected chi connectivity index (χ1v) is 10.3. The molecule has 0 aliphatic heterocycles. The molecule has 134 valence electrons. The largest absolute Gasteiger partial charge is 0.306 e. The quantitative estimate of drug-likeness (QED) is 0.490. The SMILES string of the molecule is O=C(Nc1c2c(nn1-c1nc3ccccc3s1)CCC2)c1ccc(Br)cc1. The Balaban J connectivity index is 1.57. The van der Waals surface area contributed by atoms with Gasteiger partial charge in [-0.25, -0.2) is 4.98 Å². The molecule has 2 aromatic carbocycles. The molecular weight excluding hydrogens is 424 g/mol. The fraction of sp³-hybridized carbons (Fsp3) is 0.150. The van der Waals surface area contributed by atoms with E-state index in [2.05, 4.69) is 21.2 Å². The van der Waals surface area contributed by atoms with E-state index in [1.54, 1.807) is 28.2 Å². The minimum atomic E-state index is -0.139. The summed E-state index contributed by atoms with van der Waals surface area (Å²) in [5, 5.41) is 8.62. The van der Waals surface area contributed by atoms with Crippen molar-refractivity contribution in [1.29, 1.82) is 0 Å². The van der Waals surface area contributed by atoms with Gasteiger partial charge in [0.1, 0.15) is 5.82 Å². The van der Waals surface area contributed by atoms with Gasteiger partial charge in [0, 0.05) is 15.6 Å². The maximum atomic E-state index is 12.8. The Kier molecular flexibility index (Phi) is 4.06. The van der Waals surface area contributed by atoms with Crippen LogP contribution in [-0.4, -0.2) is 20.7 Å². The monoisotopic (exact) mass is 438 g/mol. The number of hydrogen-bond acceptors (Lipinski definition) is 4. The number of benzene rings is 2. The predicted octanol–water partition coefficient (Wildman–Crippen LogP) is 4.99. The molecule has 0 fully saturated rings. The van der Waals surface area contributed by atoms with E-state index in [1.165, 1.54) is 0 Å². The number of aryl methyl sites for hydroxylation is 1. The Morgan fingerprint density at radius 2 is 1.93 bits per heavy atom. The number of thiazole rings is 1. The van der Waals surface area contributed by atoms with Gasteiger partial charge in [0.2, 0.25) is 5.13 Å². The topological polar surface area (TPSA) is 59.8 Å². The van der Waals surface area contributed by atoms with Crippen molar-refractivity contribution < 1.29 is 4.79 Å². The zero-order valence-corrected chi connectivity index (χ0v) is 16.7. The number of halogens is 1. The molecule has 0 spiro atoms. The van der Waals surface area contributed by atoms with Crippen LogP contribution in [0.4, 0.5) is 5.82 Å². The van der Waals surface area contributed by atoms with Gasteiger partial charge >= 0.3 is 0 Å². The second-order valence-electron chi connectivity index (χ2n) is 6.46. The van der Waals surface area contributed by atoms with Gasteiger partial charge in [0.15, 0.2) is 0 Å². The van der Waals surface area contributed by atoms with E-state index in [0.29, 0.717) is 5.56 Å². The van der Waals surface area contributed by atoms with Gasteiger partial charge in [-0.2, -0.15) is 9.78 Å². The summed E-state index contributed by atoms with van der Waals surface area (Å²) in [6, 6.07) is 15.4. The molecule has 27 heavy (non-hydrogen) atoms. The number of hydrogen-bond donors (Lipinski definition) is 1. The summed E-state index contributed by atoms with van der Waals surface area (Å²) in [6.45, 7) is 0. The highest BCUT2D eigenvalue weighted by Gasteiger charge is 2.25. The standard InChI is InChI=1S/C20H15BrN4OS/c21-13-10-8-12(9-11-13)19(26)23-18-14-4-3-6-15(14)24-25(18)20-22-16-5-1-2-7-17(16)27-20/h1-2,5,7-11H,3-4,6H2,(H,23,26). The molecule has 7 heteroatoms. The second-order valence-corrected chi connectivity index (χ2v) is 8.39. The van der Waals surface area contributed by atoms with Crippen molar-refractivity contribution in [2.75, 3.05) is 5.32 Å². The Hall–Kier alpha value is -2.51. The summed E-state index contributed by atoms with van der Waals surface area (Å²) in [7, 11) is 0. The summed E-state index contributed by atoms with van der Waals surface area (Å²) in [6.07, 6.45) is 2.93. The third-order valence-corrected chi connectivity index (χ3v) is 6.25. The van der Waals surface area contributed by atoms with Gasteiger partial charge in [-0.3, -0.25) is 4.79 Å². The molecule has 1 amide bonds. The van der Waals surface area contributed by atoms with Crippen LogP contribution in [0.25, 0.3) is 15.3 Å². The van der Waals surface area contributed by atoms with Gasteiger partial charge in [-0.1, -0.05) is 39.4 Å². The number of para-hydroxylation sites is 1. The van der Waals surface area contributed by atoms with Crippen LogP contribution in [0.1, 0.15) is 28.0 Å². The van der Waals surface area contributed by atoms with Crippen molar-refractivity contribution >= 4 is 49.2 Å². The molecule has 2 heterocycles. The van der Waals surface area contributed by atoms with Crippen LogP contribution in [0.3, 0.4) is 0 Å². The predicted molar refractivity (Wildman–Crippen MR) is 111 cm³/mol. The minimum absolute atomic E-state index is 0.139. The number of amides is 1. The minimum Gasteiger partial charge on any atom is -0.306 e. The van der Waals surface area contributed by atoms with Gasteiger partial charge in [0.25, 0.3) is 5.91 Å². The molecule has 5 rings (SSSR count). The molecule has 0 unspecified atom stereocenters. The first kappa shape index (κ1) is 16.6. The van der Waals surface area contributed by atoms with E-state index < -0.39 is 0 Å². The maximum Gasteiger partial charge on any atom is 0.256 e. The molecule has 2 aromatic heterocycles. The number of carbonyl (C=O) groups excluding carboxylic acids is 1. The zero-order valence-electron chi connectivity index (χ0n) is 14.3. The summed E-state index contributed by atoms with van der Waals surface area (Å²) < 4.78 is 3.85. The summed E-state index contributed by atoms with van der Waals surface area (Å²) >= 11 is 4.98. The molecular formula is C20H15BrN4OS. The van der Waals surface area contributed by atoms with Crippen LogP contribution < -0.4 is 5.32 Å². The maximum absolute atomic E-state index is 12.8. The van der Waals surface area contributed by atoms with Crippen LogP contribution in [-0.2, 0) is 12.8 Å². The molecule has 4 aromatic rings. The third-order valence-electron chi connectivity index (χ3n) is 4.71. The Morgan fingerprint density at radius 3 is 2.74 bits per heavy atom. The summed E-state index contributed by atoms with van der Waals surface area (Å²) in [5.41, 5.74) is 3.74. The molecule has 5 nitrogen and oxygen atoms in total. The average molecular weight is 439 g/mol. The lowest BCUT2D eigenvalue weighted by Crippen LogP contribution is -2.16. The molecule has 0 bridgehead atoms. The first-order chi connectivity index (χ1) is 13.2. The van der Waals surface area contributed by atoms with E-state index in [4.69, 9.17) is 10.1 Å². The van der Waals surface area contributed by atoms with Crippen LogP contribution in [0.5, 0.6) is 0 Å². The van der Waals surface area contributed by atoms with Crippen molar-refractivity contribution in [1.82, 2.24) is 14.8 Å². The lowest BCUT2D eigenvalue weighted by molar-refractivity contribution is 0.102. The fourth-order valence-corrected chi connectivity index (χ4v) is 4.58. The van der Waals surface area contributed by atoms with Crippen molar-refractivity contribution in [2.24, 2.45) is 0 Å². The number of nitrogens with one attached hydrogen (secondary N) is 1. The molecule has 0 saturated carbocycles. The lowest BCUT2D eigenvalue weighted by atomic mass is 10.2. The molecule has 1 aliphatic rings. The Labute approximate surface area is 168 Å². The van der Waals surface area contributed by atoms with Crippen molar-refractivity contribution in [2.45, 2.75) is 19.3 Å². The van der Waals surface area contributed by atoms with Gasteiger partial charge in [-0.05, 0) is 55.7 Å². The molecule has 0 saturated heterocycles. The highest BCUT2D eigenvalue weighted by Crippen LogP contribution is 2.34. The number of fused-ring (bicyclic) bond motifs is 2. The number of anilines is 1. The van der Waals surface area contributed by atoms with Gasteiger partial charge < -0.3 is 5.32 Å². The van der Waals surface area contributed by atoms with Crippen molar-refractivity contribution in [3.63, 3.8) is 0 Å². The molecule has 1 N–H and O–H groups in total. The number of carbonyl (C=O) groups is 1. The van der Waals surface area contributed by atoms with E-state index in [-0.39, 0.29) is 5.91 Å². The highest BCUT2D eigenvalue weighted by molar-refractivity contribution is 9.10. The highest BCUT2D eigenvalue weighted by atomic mass is 79.9. The van der Waals surface area contributed by atoms with Crippen molar-refractivity contribution in [3.05, 3.63) is 69.8 Å². The van der Waals surface area contributed by atoms with Crippen LogP contribution in [0.2, 0.25) is 0 Å². The third kappa shape index (κ3) is 2.96. The Morgan fingerprint density at radius 1 is 1.11 bits per heavy atom. The Bertz CT molecular complexity index is 1130. The van der Waals surface area contributed by atoms with Gasteiger partial charge in [0.05, 0.1) is 15.9 Å². The van der Waals surface area contributed by atoms with E-state index in [9.17, 15) is 4.79 Å². The van der Waals surface area contributed by atoms with E-state index in [1.807, 2.05) is 36.4 Å². The average Bonchev–Trinajstić information content (AvgIpc) is 3.37. The van der Waals surface area contributed by atoms with Crippen molar-refractivity contribution in [3.8, 4) is 5.13 Å². The van der Waals surface area contributed by atoms with E-state index in [0.717, 1.165) is 56.2 Å². The van der Waals surface area contributed by atoms with Crippen LogP contribution in [0.15, 0.2) is 53.0 Å². The number of rotatable bonds is 3. The molecule has 1 aliphatic carbocycles. The summed E-state index contributed by atoms with van der Waals surface area (Å²) in [5.74, 6) is 0.605. The zero-order chi connectivity index (χ0) is 18.4. The first-order valence-electron chi connectivity index (χ1n) is 8.73. The molecule has 0 radical (unpaired) electrons. The van der Waals surface area contributed by atoms with Crippen LogP contribution >= 0.6 is 27.3 Å². The molecule has 0 atom stereocenters. The number of aromatic nitrogens is 3. The smallest absolute Gasteiger partial charge is 0.256 e.